The molecule has 0 saturated carbocycles. The van der Waals surface area contributed by atoms with Gasteiger partial charge in [0.05, 0.1) is 18.4 Å². The van der Waals surface area contributed by atoms with Gasteiger partial charge in [0.15, 0.2) is 0 Å². The van der Waals surface area contributed by atoms with Crippen LogP contribution in [0.2, 0.25) is 0 Å². The fraction of sp³-hybridized carbons (Fsp3) is 0.300. The third-order valence-corrected chi connectivity index (χ3v) is 6.33. The van der Waals surface area contributed by atoms with Gasteiger partial charge in [-0.15, -0.1) is 11.3 Å². The molecule has 1 aliphatic rings. The van der Waals surface area contributed by atoms with Crippen molar-refractivity contribution in [2.24, 2.45) is 0 Å². The fourth-order valence-electron chi connectivity index (χ4n) is 3.15. The Morgan fingerprint density at radius 1 is 1.11 bits per heavy atom. The molecule has 1 saturated heterocycles. The summed E-state index contributed by atoms with van der Waals surface area (Å²) in [5.74, 6) is 0.997. The van der Waals surface area contributed by atoms with Crippen molar-refractivity contribution in [2.75, 3.05) is 33.3 Å². The highest BCUT2D eigenvalue weighted by Crippen LogP contribution is 2.26. The molecule has 0 spiro atoms. The first-order valence-electron chi connectivity index (χ1n) is 8.85. The summed E-state index contributed by atoms with van der Waals surface area (Å²) < 4.78 is 5.21. The second kappa shape index (κ2) is 8.21. The van der Waals surface area contributed by atoms with Crippen molar-refractivity contribution in [1.82, 2.24) is 14.8 Å². The number of hydrogen-bond donors (Lipinski definition) is 0. The molecule has 0 atom stereocenters. The summed E-state index contributed by atoms with van der Waals surface area (Å²) in [5.41, 5.74) is 3.00. The monoisotopic (exact) mass is 399 g/mol. The number of piperazine rings is 1. The molecule has 1 aromatic carbocycles. The van der Waals surface area contributed by atoms with Crippen LogP contribution in [0, 0.1) is 0 Å². The smallest absolute Gasteiger partial charge is 0.254 e. The second-order valence-electron chi connectivity index (χ2n) is 6.45. The summed E-state index contributed by atoms with van der Waals surface area (Å²) in [6.45, 7) is 4.12. The number of nitrogens with zero attached hydrogens (tertiary/aromatic N) is 3. The lowest BCUT2D eigenvalue weighted by atomic mass is 10.2. The van der Waals surface area contributed by atoms with Gasteiger partial charge in [-0.05, 0) is 35.7 Å². The van der Waals surface area contributed by atoms with Crippen LogP contribution >= 0.6 is 22.7 Å². The molecule has 1 fully saturated rings. The van der Waals surface area contributed by atoms with Crippen LogP contribution in [0.3, 0.4) is 0 Å². The van der Waals surface area contributed by atoms with Crippen LogP contribution in [-0.4, -0.2) is 54.0 Å². The summed E-state index contributed by atoms with van der Waals surface area (Å²) in [6, 6.07) is 9.89. The molecule has 1 aliphatic heterocycles. The quantitative estimate of drug-likeness (QED) is 0.654. The molecule has 1 amide bonds. The average molecular weight is 400 g/mol. The first-order valence-corrected chi connectivity index (χ1v) is 10.7. The Balaban J connectivity index is 1.33. The molecule has 0 radical (unpaired) electrons. The second-order valence-corrected chi connectivity index (χ2v) is 8.09. The number of ether oxygens (including phenoxy) is 1. The van der Waals surface area contributed by atoms with E-state index >= 15 is 0 Å². The Kier molecular flexibility index (Phi) is 5.52. The summed E-state index contributed by atoms with van der Waals surface area (Å²) in [5, 5.41) is 7.03. The Hall–Kier alpha value is -2.22. The standard InChI is InChI=1S/C20H21N3O2S2/c1-25-18-4-2-15(3-5-18)19-21-17(14-27-19)12-22-7-9-23(10-8-22)20(24)16-6-11-26-13-16/h2-6,11,13-14H,7-10,12H2,1H3. The van der Waals surface area contributed by atoms with E-state index in [2.05, 4.69) is 10.3 Å². The SMILES string of the molecule is COc1ccc(-c2nc(CN3CCN(C(=O)c4ccsc4)CC3)cs2)cc1. The minimum absolute atomic E-state index is 0.145. The summed E-state index contributed by atoms with van der Waals surface area (Å²) in [6.07, 6.45) is 0. The molecular weight excluding hydrogens is 378 g/mol. The highest BCUT2D eigenvalue weighted by Gasteiger charge is 2.22. The largest absolute Gasteiger partial charge is 0.497 e. The van der Waals surface area contributed by atoms with Crippen molar-refractivity contribution < 1.29 is 9.53 Å². The summed E-state index contributed by atoms with van der Waals surface area (Å²) in [4.78, 5) is 21.5. The lowest BCUT2D eigenvalue weighted by Crippen LogP contribution is -2.48. The van der Waals surface area contributed by atoms with E-state index < -0.39 is 0 Å². The van der Waals surface area contributed by atoms with Crippen LogP contribution in [0.1, 0.15) is 16.1 Å². The van der Waals surface area contributed by atoms with Gasteiger partial charge in [-0.2, -0.15) is 11.3 Å². The van der Waals surface area contributed by atoms with Gasteiger partial charge in [-0.3, -0.25) is 9.69 Å². The number of thiazole rings is 1. The lowest BCUT2D eigenvalue weighted by molar-refractivity contribution is 0.0628. The van der Waals surface area contributed by atoms with Gasteiger partial charge in [-0.25, -0.2) is 4.98 Å². The van der Waals surface area contributed by atoms with Crippen molar-refractivity contribution in [3.8, 4) is 16.3 Å². The van der Waals surface area contributed by atoms with Crippen molar-refractivity contribution in [2.45, 2.75) is 6.54 Å². The number of rotatable bonds is 5. The predicted octanol–water partition coefficient (Wildman–Crippen LogP) is 3.84. The van der Waals surface area contributed by atoms with Crippen molar-refractivity contribution in [1.29, 1.82) is 0 Å². The van der Waals surface area contributed by atoms with Gasteiger partial charge in [-0.1, -0.05) is 0 Å². The van der Waals surface area contributed by atoms with Gasteiger partial charge in [0.25, 0.3) is 5.91 Å². The van der Waals surface area contributed by atoms with E-state index in [1.165, 1.54) is 0 Å². The van der Waals surface area contributed by atoms with Gasteiger partial charge in [0, 0.05) is 49.0 Å². The van der Waals surface area contributed by atoms with E-state index in [0.29, 0.717) is 0 Å². The van der Waals surface area contributed by atoms with E-state index in [1.807, 2.05) is 46.0 Å². The van der Waals surface area contributed by atoms with E-state index in [-0.39, 0.29) is 5.91 Å². The predicted molar refractivity (Wildman–Crippen MR) is 110 cm³/mol. The molecule has 140 valence electrons. The number of thiophene rings is 1. The molecule has 2 aromatic heterocycles. The molecule has 0 aliphatic carbocycles. The molecule has 5 nitrogen and oxygen atoms in total. The minimum Gasteiger partial charge on any atom is -0.497 e. The molecule has 3 aromatic rings. The maximum Gasteiger partial charge on any atom is 0.254 e. The molecule has 0 N–H and O–H groups in total. The van der Waals surface area contributed by atoms with Crippen molar-refractivity contribution in [3.05, 3.63) is 57.7 Å². The number of carbonyl (C=O) groups excluding carboxylic acids is 1. The zero-order valence-corrected chi connectivity index (χ0v) is 16.8. The topological polar surface area (TPSA) is 45.7 Å². The van der Waals surface area contributed by atoms with Crippen LogP contribution in [0.5, 0.6) is 5.75 Å². The summed E-state index contributed by atoms with van der Waals surface area (Å²) in [7, 11) is 1.67. The lowest BCUT2D eigenvalue weighted by Gasteiger charge is -2.34. The maximum absolute atomic E-state index is 12.4. The zero-order valence-electron chi connectivity index (χ0n) is 15.1. The Morgan fingerprint density at radius 2 is 1.89 bits per heavy atom. The highest BCUT2D eigenvalue weighted by atomic mass is 32.1. The van der Waals surface area contributed by atoms with Crippen molar-refractivity contribution in [3.63, 3.8) is 0 Å². The minimum atomic E-state index is 0.145. The Labute approximate surface area is 166 Å². The molecule has 4 rings (SSSR count). The first kappa shape index (κ1) is 18.2. The zero-order chi connectivity index (χ0) is 18.6. The fourth-order valence-corrected chi connectivity index (χ4v) is 4.60. The number of methoxy groups -OCH3 is 1. The van der Waals surface area contributed by atoms with Crippen LogP contribution in [0.15, 0.2) is 46.5 Å². The van der Waals surface area contributed by atoms with E-state index in [4.69, 9.17) is 9.72 Å². The maximum atomic E-state index is 12.4. The van der Waals surface area contributed by atoms with Gasteiger partial charge < -0.3 is 9.64 Å². The number of carbonyl (C=O) groups is 1. The number of amides is 1. The van der Waals surface area contributed by atoms with Gasteiger partial charge >= 0.3 is 0 Å². The highest BCUT2D eigenvalue weighted by molar-refractivity contribution is 7.13. The van der Waals surface area contributed by atoms with Crippen molar-refractivity contribution >= 4 is 28.6 Å². The van der Waals surface area contributed by atoms with Crippen LogP contribution in [0.4, 0.5) is 0 Å². The number of benzene rings is 1. The van der Waals surface area contributed by atoms with E-state index in [9.17, 15) is 4.79 Å². The molecular formula is C20H21N3O2S2. The molecule has 0 unspecified atom stereocenters. The third kappa shape index (κ3) is 4.21. The van der Waals surface area contributed by atoms with Crippen LogP contribution < -0.4 is 4.74 Å². The molecule has 7 heteroatoms. The Bertz CT molecular complexity index is 882. The summed E-state index contributed by atoms with van der Waals surface area (Å²) >= 11 is 3.23. The number of aromatic nitrogens is 1. The number of hydrogen-bond acceptors (Lipinski definition) is 6. The van der Waals surface area contributed by atoms with Crippen LogP contribution in [0.25, 0.3) is 10.6 Å². The van der Waals surface area contributed by atoms with Crippen LogP contribution in [-0.2, 0) is 6.54 Å². The van der Waals surface area contributed by atoms with Gasteiger partial charge in [0.2, 0.25) is 0 Å². The van der Waals surface area contributed by atoms with E-state index in [1.54, 1.807) is 29.8 Å². The average Bonchev–Trinajstić information content (AvgIpc) is 3.40. The third-order valence-electron chi connectivity index (χ3n) is 4.70. The van der Waals surface area contributed by atoms with Gasteiger partial charge in [0.1, 0.15) is 10.8 Å². The molecule has 3 heterocycles. The Morgan fingerprint density at radius 3 is 2.56 bits per heavy atom. The molecule has 0 bridgehead atoms. The normalized spacial score (nSPS) is 15.1. The van der Waals surface area contributed by atoms with E-state index in [0.717, 1.165) is 60.3 Å². The first-order chi connectivity index (χ1) is 13.2. The molecule has 27 heavy (non-hydrogen) atoms.